The van der Waals surface area contributed by atoms with Gasteiger partial charge in [0.1, 0.15) is 5.82 Å². The first-order valence-electron chi connectivity index (χ1n) is 5.52. The van der Waals surface area contributed by atoms with Crippen LogP contribution < -0.4 is 5.73 Å². The Kier molecular flexibility index (Phi) is 4.05. The van der Waals surface area contributed by atoms with E-state index in [4.69, 9.17) is 10.5 Å². The van der Waals surface area contributed by atoms with Gasteiger partial charge in [0.2, 0.25) is 0 Å². The van der Waals surface area contributed by atoms with Crippen LogP contribution >= 0.6 is 0 Å². The summed E-state index contributed by atoms with van der Waals surface area (Å²) in [5.74, 6) is -0.248. The lowest BCUT2D eigenvalue weighted by molar-refractivity contribution is 0.0990. The zero-order valence-corrected chi connectivity index (χ0v) is 10.4. The van der Waals surface area contributed by atoms with Crippen molar-refractivity contribution in [2.45, 2.75) is 33.2 Å². The summed E-state index contributed by atoms with van der Waals surface area (Å²) in [6.07, 6.45) is 0. The molecule has 3 heteroatoms. The lowest BCUT2D eigenvalue weighted by Gasteiger charge is -2.27. The summed E-state index contributed by atoms with van der Waals surface area (Å²) in [5.41, 5.74) is 7.66. The molecule has 0 bridgehead atoms. The molecule has 1 aromatic rings. The number of benzene rings is 1. The van der Waals surface area contributed by atoms with Crippen molar-refractivity contribution in [1.29, 1.82) is 0 Å². The van der Waals surface area contributed by atoms with Crippen molar-refractivity contribution in [3.05, 3.63) is 34.6 Å². The van der Waals surface area contributed by atoms with E-state index in [1.54, 1.807) is 6.92 Å². The molecule has 0 amide bonds. The summed E-state index contributed by atoms with van der Waals surface area (Å²) in [4.78, 5) is 0. The Bertz CT molecular complexity index is 351. The first kappa shape index (κ1) is 13.1. The molecule has 0 aromatic heterocycles. The smallest absolute Gasteiger partial charge is 0.128 e. The largest absolute Gasteiger partial charge is 0.379 e. The quantitative estimate of drug-likeness (QED) is 0.855. The highest BCUT2D eigenvalue weighted by atomic mass is 19.1. The molecule has 16 heavy (non-hydrogen) atoms. The van der Waals surface area contributed by atoms with Crippen LogP contribution in [-0.2, 0) is 10.3 Å². The number of ether oxygens (including phenoxy) is 1. The maximum Gasteiger partial charge on any atom is 0.128 e. The molecule has 0 radical (unpaired) electrons. The lowest BCUT2D eigenvalue weighted by atomic mass is 9.89. The van der Waals surface area contributed by atoms with Crippen LogP contribution in [0.25, 0.3) is 0 Å². The predicted molar refractivity (Wildman–Crippen MR) is 63.9 cm³/mol. The third-order valence-corrected chi connectivity index (χ3v) is 2.61. The first-order valence-corrected chi connectivity index (χ1v) is 5.52. The zero-order valence-electron chi connectivity index (χ0n) is 10.4. The van der Waals surface area contributed by atoms with Gasteiger partial charge in [0.05, 0.1) is 12.1 Å². The Balaban J connectivity index is 3.11. The monoisotopic (exact) mass is 225 g/mol. The molecule has 0 heterocycles. The van der Waals surface area contributed by atoms with Gasteiger partial charge in [-0.25, -0.2) is 4.39 Å². The molecule has 0 saturated carbocycles. The minimum Gasteiger partial charge on any atom is -0.379 e. The molecule has 2 N–H and O–H groups in total. The minimum absolute atomic E-state index is 0.248. The van der Waals surface area contributed by atoms with Gasteiger partial charge in [0, 0.05) is 12.2 Å². The molecule has 0 aliphatic rings. The number of nitrogens with two attached hydrogens (primary N) is 1. The topological polar surface area (TPSA) is 35.2 Å². The van der Waals surface area contributed by atoms with Gasteiger partial charge >= 0.3 is 0 Å². The predicted octanol–water partition coefficient (Wildman–Crippen LogP) is 2.65. The van der Waals surface area contributed by atoms with E-state index in [0.717, 1.165) is 11.1 Å². The van der Waals surface area contributed by atoms with Gasteiger partial charge in [-0.3, -0.25) is 0 Å². The van der Waals surface area contributed by atoms with Crippen LogP contribution in [0.15, 0.2) is 12.1 Å². The van der Waals surface area contributed by atoms with E-state index in [-0.39, 0.29) is 5.82 Å². The van der Waals surface area contributed by atoms with Gasteiger partial charge in [-0.05, 0) is 44.9 Å². The van der Waals surface area contributed by atoms with Crippen molar-refractivity contribution in [2.24, 2.45) is 5.73 Å². The van der Waals surface area contributed by atoms with Crippen LogP contribution in [0.2, 0.25) is 0 Å². The Hall–Kier alpha value is -0.930. The van der Waals surface area contributed by atoms with E-state index in [0.29, 0.717) is 18.8 Å². The van der Waals surface area contributed by atoms with Crippen LogP contribution in [0.5, 0.6) is 0 Å². The number of halogens is 1. The van der Waals surface area contributed by atoms with Crippen molar-refractivity contribution in [3.8, 4) is 0 Å². The van der Waals surface area contributed by atoms with Crippen LogP contribution in [0.1, 0.15) is 30.5 Å². The Morgan fingerprint density at radius 2 is 2.00 bits per heavy atom. The summed E-state index contributed by atoms with van der Waals surface area (Å²) >= 11 is 0. The minimum atomic E-state index is -0.780. The van der Waals surface area contributed by atoms with E-state index in [2.05, 4.69) is 0 Å². The van der Waals surface area contributed by atoms with Gasteiger partial charge in [0.25, 0.3) is 0 Å². The molecule has 0 aliphatic carbocycles. The standard InChI is InChI=1S/C13H20FNO/c1-5-16-8-13(4,15)12-10(3)6-9(2)7-11(12)14/h6-7H,5,8,15H2,1-4H3. The number of hydrogen-bond acceptors (Lipinski definition) is 2. The molecule has 1 rings (SSSR count). The second-order valence-electron chi connectivity index (χ2n) is 4.49. The van der Waals surface area contributed by atoms with Crippen molar-refractivity contribution < 1.29 is 9.13 Å². The molecule has 1 aromatic carbocycles. The van der Waals surface area contributed by atoms with Gasteiger partial charge in [0.15, 0.2) is 0 Å². The summed E-state index contributed by atoms with van der Waals surface area (Å²) in [6, 6.07) is 3.45. The Morgan fingerprint density at radius 1 is 1.38 bits per heavy atom. The second-order valence-corrected chi connectivity index (χ2v) is 4.49. The summed E-state index contributed by atoms with van der Waals surface area (Å²) in [5, 5.41) is 0. The highest BCUT2D eigenvalue weighted by molar-refractivity contribution is 5.36. The van der Waals surface area contributed by atoms with Gasteiger partial charge in [-0.1, -0.05) is 6.07 Å². The molecule has 0 saturated heterocycles. The van der Waals surface area contributed by atoms with Crippen LogP contribution in [0.3, 0.4) is 0 Å². The van der Waals surface area contributed by atoms with E-state index < -0.39 is 5.54 Å². The van der Waals surface area contributed by atoms with Crippen molar-refractivity contribution in [3.63, 3.8) is 0 Å². The maximum absolute atomic E-state index is 13.9. The molecular formula is C13H20FNO. The number of rotatable bonds is 4. The fraction of sp³-hybridized carbons (Fsp3) is 0.538. The average molecular weight is 225 g/mol. The highest BCUT2D eigenvalue weighted by Gasteiger charge is 2.27. The van der Waals surface area contributed by atoms with E-state index in [1.807, 2.05) is 26.8 Å². The summed E-state index contributed by atoms with van der Waals surface area (Å²) in [7, 11) is 0. The average Bonchev–Trinajstić information content (AvgIpc) is 2.12. The molecule has 1 atom stereocenters. The van der Waals surface area contributed by atoms with E-state index in [9.17, 15) is 4.39 Å². The molecule has 0 fully saturated rings. The van der Waals surface area contributed by atoms with Crippen molar-refractivity contribution in [2.75, 3.05) is 13.2 Å². The summed E-state index contributed by atoms with van der Waals surface area (Å²) < 4.78 is 19.2. The summed E-state index contributed by atoms with van der Waals surface area (Å²) in [6.45, 7) is 8.35. The van der Waals surface area contributed by atoms with Gasteiger partial charge in [-0.15, -0.1) is 0 Å². The van der Waals surface area contributed by atoms with Gasteiger partial charge < -0.3 is 10.5 Å². The van der Waals surface area contributed by atoms with Crippen LogP contribution in [0.4, 0.5) is 4.39 Å². The van der Waals surface area contributed by atoms with Crippen molar-refractivity contribution in [1.82, 2.24) is 0 Å². The molecular weight excluding hydrogens is 205 g/mol. The maximum atomic E-state index is 13.9. The SMILES string of the molecule is CCOCC(C)(N)c1c(C)cc(C)cc1F. The zero-order chi connectivity index (χ0) is 12.3. The molecule has 90 valence electrons. The highest BCUT2D eigenvalue weighted by Crippen LogP contribution is 2.26. The fourth-order valence-electron chi connectivity index (χ4n) is 2.03. The fourth-order valence-corrected chi connectivity index (χ4v) is 2.03. The van der Waals surface area contributed by atoms with E-state index in [1.165, 1.54) is 6.07 Å². The number of hydrogen-bond donors (Lipinski definition) is 1. The Labute approximate surface area is 96.6 Å². The second kappa shape index (κ2) is 4.93. The molecule has 2 nitrogen and oxygen atoms in total. The molecule has 0 aliphatic heterocycles. The lowest BCUT2D eigenvalue weighted by Crippen LogP contribution is -2.40. The van der Waals surface area contributed by atoms with Gasteiger partial charge in [-0.2, -0.15) is 0 Å². The number of aryl methyl sites for hydroxylation is 2. The molecule has 1 unspecified atom stereocenters. The van der Waals surface area contributed by atoms with Crippen LogP contribution in [-0.4, -0.2) is 13.2 Å². The van der Waals surface area contributed by atoms with E-state index >= 15 is 0 Å². The Morgan fingerprint density at radius 3 is 2.50 bits per heavy atom. The normalized spacial score (nSPS) is 14.9. The third kappa shape index (κ3) is 2.80. The molecule has 0 spiro atoms. The van der Waals surface area contributed by atoms with Crippen molar-refractivity contribution >= 4 is 0 Å². The first-order chi connectivity index (χ1) is 7.38. The van der Waals surface area contributed by atoms with Crippen LogP contribution in [0, 0.1) is 19.7 Å². The third-order valence-electron chi connectivity index (χ3n) is 2.61.